The Hall–Kier alpha value is -2.39. The molecule has 3 amide bonds. The maximum atomic E-state index is 12.9. The summed E-state index contributed by atoms with van der Waals surface area (Å²) >= 11 is 0. The molecule has 1 aromatic rings. The second-order valence-electron chi connectivity index (χ2n) is 6.92. The van der Waals surface area contributed by atoms with Crippen LogP contribution in [0.5, 0.6) is 0 Å². The van der Waals surface area contributed by atoms with Crippen molar-refractivity contribution >= 4 is 11.9 Å². The summed E-state index contributed by atoms with van der Waals surface area (Å²) in [7, 11) is 0. The molecule has 2 aliphatic rings. The van der Waals surface area contributed by atoms with E-state index in [0.29, 0.717) is 23.7 Å². The van der Waals surface area contributed by atoms with Crippen molar-refractivity contribution in [3.63, 3.8) is 0 Å². The highest BCUT2D eigenvalue weighted by molar-refractivity contribution is 6.07. The Morgan fingerprint density at radius 2 is 2.04 bits per heavy atom. The van der Waals surface area contributed by atoms with Crippen LogP contribution in [-0.2, 0) is 10.3 Å². The van der Waals surface area contributed by atoms with Gasteiger partial charge in [-0.1, -0.05) is 19.1 Å². The number of urea groups is 1. The van der Waals surface area contributed by atoms with E-state index in [0.717, 1.165) is 25.9 Å². The Labute approximate surface area is 142 Å². The summed E-state index contributed by atoms with van der Waals surface area (Å²) in [5, 5.41) is 11.9. The van der Waals surface area contributed by atoms with Gasteiger partial charge >= 0.3 is 6.03 Å². The van der Waals surface area contributed by atoms with Crippen molar-refractivity contribution in [3.8, 4) is 6.07 Å². The quantitative estimate of drug-likeness (QED) is 0.862. The number of nitrogens with one attached hydrogen (secondary N) is 1. The fourth-order valence-corrected chi connectivity index (χ4v) is 3.32. The van der Waals surface area contributed by atoms with Gasteiger partial charge in [-0.2, -0.15) is 5.26 Å². The minimum Gasteiger partial charge on any atom is -0.319 e. The molecule has 24 heavy (non-hydrogen) atoms. The Morgan fingerprint density at radius 1 is 1.33 bits per heavy atom. The van der Waals surface area contributed by atoms with Gasteiger partial charge in [0.2, 0.25) is 0 Å². The lowest BCUT2D eigenvalue weighted by Crippen LogP contribution is -2.46. The molecule has 0 unspecified atom stereocenters. The molecule has 2 heterocycles. The highest BCUT2D eigenvalue weighted by atomic mass is 16.2. The number of piperidine rings is 1. The largest absolute Gasteiger partial charge is 0.326 e. The van der Waals surface area contributed by atoms with Crippen molar-refractivity contribution in [1.29, 1.82) is 5.26 Å². The second kappa shape index (κ2) is 6.25. The van der Waals surface area contributed by atoms with Gasteiger partial charge in [0.1, 0.15) is 5.54 Å². The molecule has 1 N–H and O–H groups in total. The minimum absolute atomic E-state index is 0.263. The number of carbonyl (C=O) groups is 2. The number of amides is 3. The van der Waals surface area contributed by atoms with E-state index in [1.165, 1.54) is 4.90 Å². The fraction of sp³-hybridized carbons (Fsp3) is 0.500. The molecule has 0 aromatic heterocycles. The smallest absolute Gasteiger partial charge is 0.319 e. The molecule has 1 atom stereocenters. The summed E-state index contributed by atoms with van der Waals surface area (Å²) < 4.78 is 0. The summed E-state index contributed by atoms with van der Waals surface area (Å²) in [6.45, 7) is 6.05. The third-order valence-corrected chi connectivity index (χ3v) is 5.06. The summed E-state index contributed by atoms with van der Waals surface area (Å²) in [6.07, 6.45) is 2.18. The van der Waals surface area contributed by atoms with Crippen molar-refractivity contribution in [2.45, 2.75) is 32.2 Å². The van der Waals surface area contributed by atoms with Crippen LogP contribution in [0, 0.1) is 17.2 Å². The predicted molar refractivity (Wildman–Crippen MR) is 88.7 cm³/mol. The molecule has 0 radical (unpaired) electrons. The van der Waals surface area contributed by atoms with Crippen LogP contribution >= 0.6 is 0 Å². The molecule has 3 rings (SSSR count). The number of nitrogens with zero attached hydrogens (tertiary/aromatic N) is 3. The minimum atomic E-state index is -1.12. The van der Waals surface area contributed by atoms with Crippen LogP contribution < -0.4 is 5.32 Å². The van der Waals surface area contributed by atoms with E-state index < -0.39 is 5.54 Å². The molecule has 0 bridgehead atoms. The molecule has 1 aromatic carbocycles. The first-order valence-corrected chi connectivity index (χ1v) is 8.31. The molecule has 2 aliphatic heterocycles. The molecular weight excluding hydrogens is 304 g/mol. The van der Waals surface area contributed by atoms with Gasteiger partial charge in [-0.25, -0.2) is 9.69 Å². The zero-order valence-corrected chi connectivity index (χ0v) is 14.1. The average molecular weight is 326 g/mol. The number of hydrogen-bond acceptors (Lipinski definition) is 4. The molecule has 6 nitrogen and oxygen atoms in total. The highest BCUT2D eigenvalue weighted by Crippen LogP contribution is 2.30. The van der Waals surface area contributed by atoms with Gasteiger partial charge in [0.05, 0.1) is 18.3 Å². The lowest BCUT2D eigenvalue weighted by atomic mass is 9.91. The molecule has 0 aliphatic carbocycles. The first-order chi connectivity index (χ1) is 11.4. The monoisotopic (exact) mass is 326 g/mol. The molecule has 0 spiro atoms. The standard InChI is InChI=1S/C18H22N4O2/c1-13-6-8-21(9-7-13)12-22-16(23)18(2,20-17(22)24)15-5-3-4-14(10-15)11-19/h3-5,10,13H,6-9,12H2,1-2H3,(H,20,24)/t18-/m0/s1. The van der Waals surface area contributed by atoms with Crippen molar-refractivity contribution in [1.82, 2.24) is 15.1 Å². The summed E-state index contributed by atoms with van der Waals surface area (Å²) in [6, 6.07) is 8.53. The average Bonchev–Trinajstić information content (AvgIpc) is 2.81. The first kappa shape index (κ1) is 16.5. The Balaban J connectivity index is 1.79. The van der Waals surface area contributed by atoms with Gasteiger partial charge in [-0.15, -0.1) is 0 Å². The van der Waals surface area contributed by atoms with Crippen LogP contribution in [0.3, 0.4) is 0 Å². The Kier molecular flexibility index (Phi) is 4.29. The van der Waals surface area contributed by atoms with Crippen LogP contribution in [0.15, 0.2) is 24.3 Å². The van der Waals surface area contributed by atoms with Gasteiger partial charge in [-0.05, 0) is 43.4 Å². The first-order valence-electron chi connectivity index (χ1n) is 8.31. The number of likely N-dealkylation sites (tertiary alicyclic amines) is 1. The van der Waals surface area contributed by atoms with Gasteiger partial charge in [-0.3, -0.25) is 9.69 Å². The second-order valence-corrected chi connectivity index (χ2v) is 6.92. The number of imide groups is 1. The summed E-state index contributed by atoms with van der Waals surface area (Å²) in [5.74, 6) is 0.435. The maximum Gasteiger partial charge on any atom is 0.326 e. The number of benzene rings is 1. The SMILES string of the molecule is CC1CCN(CN2C(=O)N[C@@](C)(c3cccc(C#N)c3)C2=O)CC1. The van der Waals surface area contributed by atoms with Crippen LogP contribution in [0.4, 0.5) is 4.79 Å². The number of nitriles is 1. The van der Waals surface area contributed by atoms with Gasteiger partial charge in [0.25, 0.3) is 5.91 Å². The van der Waals surface area contributed by atoms with E-state index in [1.807, 2.05) is 0 Å². The zero-order chi connectivity index (χ0) is 17.3. The van der Waals surface area contributed by atoms with Gasteiger partial charge in [0.15, 0.2) is 0 Å². The van der Waals surface area contributed by atoms with E-state index >= 15 is 0 Å². The molecule has 126 valence electrons. The van der Waals surface area contributed by atoms with Crippen LogP contribution in [0.1, 0.15) is 37.8 Å². The summed E-state index contributed by atoms with van der Waals surface area (Å²) in [4.78, 5) is 28.7. The van der Waals surface area contributed by atoms with E-state index in [1.54, 1.807) is 31.2 Å². The number of hydrogen-bond donors (Lipinski definition) is 1. The Bertz CT molecular complexity index is 703. The van der Waals surface area contributed by atoms with E-state index in [4.69, 9.17) is 5.26 Å². The van der Waals surface area contributed by atoms with Crippen LogP contribution in [0.2, 0.25) is 0 Å². The topological polar surface area (TPSA) is 76.4 Å². The van der Waals surface area contributed by atoms with Crippen LogP contribution in [0.25, 0.3) is 0 Å². The third kappa shape index (κ3) is 2.87. The van der Waals surface area contributed by atoms with Crippen molar-refractivity contribution in [2.24, 2.45) is 5.92 Å². The fourth-order valence-electron chi connectivity index (χ4n) is 3.32. The molecule has 0 saturated carbocycles. The van der Waals surface area contributed by atoms with Crippen molar-refractivity contribution in [3.05, 3.63) is 35.4 Å². The molecule has 6 heteroatoms. The van der Waals surface area contributed by atoms with E-state index in [2.05, 4.69) is 23.2 Å². The molecule has 2 saturated heterocycles. The van der Waals surface area contributed by atoms with Crippen LogP contribution in [-0.4, -0.2) is 41.5 Å². The lowest BCUT2D eigenvalue weighted by Gasteiger charge is -2.32. The predicted octanol–water partition coefficient (Wildman–Crippen LogP) is 2.01. The number of carbonyl (C=O) groups excluding carboxylic acids is 2. The van der Waals surface area contributed by atoms with Gasteiger partial charge < -0.3 is 5.32 Å². The van der Waals surface area contributed by atoms with Gasteiger partial charge in [0, 0.05) is 13.1 Å². The number of rotatable bonds is 3. The summed E-state index contributed by atoms with van der Waals surface area (Å²) in [5.41, 5.74) is -0.0126. The molecule has 2 fully saturated rings. The highest BCUT2D eigenvalue weighted by Gasteiger charge is 2.49. The van der Waals surface area contributed by atoms with E-state index in [-0.39, 0.29) is 11.9 Å². The lowest BCUT2D eigenvalue weighted by molar-refractivity contribution is -0.132. The van der Waals surface area contributed by atoms with Crippen molar-refractivity contribution < 1.29 is 9.59 Å². The van der Waals surface area contributed by atoms with E-state index in [9.17, 15) is 9.59 Å². The molecular formula is C18H22N4O2. The normalized spacial score (nSPS) is 25.6. The maximum absolute atomic E-state index is 12.9. The van der Waals surface area contributed by atoms with Crippen molar-refractivity contribution in [2.75, 3.05) is 19.8 Å². The third-order valence-electron chi connectivity index (χ3n) is 5.06. The Morgan fingerprint density at radius 3 is 2.71 bits per heavy atom. The zero-order valence-electron chi connectivity index (χ0n) is 14.1.